The number of nitrogens with two attached hydrogens (primary N) is 1. The van der Waals surface area contributed by atoms with Crippen LogP contribution in [-0.4, -0.2) is 24.2 Å². The predicted molar refractivity (Wildman–Crippen MR) is 55.0 cm³/mol. The van der Waals surface area contributed by atoms with Gasteiger partial charge in [-0.05, 0) is 18.9 Å². The Morgan fingerprint density at radius 3 is 2.79 bits per heavy atom. The van der Waals surface area contributed by atoms with E-state index >= 15 is 0 Å². The van der Waals surface area contributed by atoms with Gasteiger partial charge in [-0.2, -0.15) is 0 Å². The molecule has 0 spiro atoms. The molecular weight excluding hydrogens is 181 g/mol. The highest BCUT2D eigenvalue weighted by Gasteiger charge is 2.18. The molecule has 1 aromatic rings. The molecule has 14 heavy (non-hydrogen) atoms. The lowest BCUT2D eigenvalue weighted by Crippen LogP contribution is -2.34. The van der Waals surface area contributed by atoms with Crippen LogP contribution in [0.25, 0.3) is 0 Å². The number of hydrogen-bond donors (Lipinski definition) is 1. The fraction of sp³-hybridized carbons (Fsp3) is 0.500. The van der Waals surface area contributed by atoms with Crippen LogP contribution in [0.1, 0.15) is 12.8 Å². The Balaban J connectivity index is 2.08. The fourth-order valence-electron chi connectivity index (χ4n) is 1.74. The second kappa shape index (κ2) is 3.82. The zero-order valence-corrected chi connectivity index (χ0v) is 7.99. The summed E-state index contributed by atoms with van der Waals surface area (Å²) in [6.07, 6.45) is 2.28. The van der Waals surface area contributed by atoms with Crippen LogP contribution in [-0.2, 0) is 0 Å². The van der Waals surface area contributed by atoms with Gasteiger partial charge in [0.2, 0.25) is 0 Å². The molecule has 1 saturated heterocycles. The van der Waals surface area contributed by atoms with Crippen molar-refractivity contribution in [1.82, 2.24) is 4.98 Å². The first kappa shape index (κ1) is 9.24. The molecule has 0 saturated carbocycles. The summed E-state index contributed by atoms with van der Waals surface area (Å²) in [6, 6.07) is 3.74. The summed E-state index contributed by atoms with van der Waals surface area (Å²) in [4.78, 5) is 6.07. The van der Waals surface area contributed by atoms with Crippen molar-refractivity contribution in [2.75, 3.05) is 23.7 Å². The van der Waals surface area contributed by atoms with Gasteiger partial charge < -0.3 is 10.6 Å². The van der Waals surface area contributed by atoms with E-state index in [-0.39, 0.29) is 0 Å². The zero-order chi connectivity index (χ0) is 9.97. The number of aromatic nitrogens is 1. The van der Waals surface area contributed by atoms with Crippen molar-refractivity contribution in [3.05, 3.63) is 18.3 Å². The Morgan fingerprint density at radius 1 is 1.43 bits per heavy atom. The van der Waals surface area contributed by atoms with Crippen molar-refractivity contribution >= 4 is 11.5 Å². The molecule has 76 valence electrons. The first-order chi connectivity index (χ1) is 6.75. The number of piperidine rings is 1. The lowest BCUT2D eigenvalue weighted by atomic mass is 10.1. The molecule has 1 fully saturated rings. The number of rotatable bonds is 1. The molecule has 0 bridgehead atoms. The Morgan fingerprint density at radius 2 is 2.14 bits per heavy atom. The molecule has 0 aromatic carbocycles. The van der Waals surface area contributed by atoms with E-state index in [4.69, 9.17) is 5.73 Å². The summed E-state index contributed by atoms with van der Waals surface area (Å²) in [5.41, 5.74) is 6.63. The third-order valence-corrected chi connectivity index (χ3v) is 2.55. The van der Waals surface area contributed by atoms with Gasteiger partial charge >= 0.3 is 0 Å². The average molecular weight is 195 g/mol. The van der Waals surface area contributed by atoms with Crippen molar-refractivity contribution < 1.29 is 4.39 Å². The highest BCUT2D eigenvalue weighted by atomic mass is 19.1. The maximum atomic E-state index is 12.9. The predicted octanol–water partition coefficient (Wildman–Crippen LogP) is 1.60. The highest BCUT2D eigenvalue weighted by molar-refractivity contribution is 5.52. The summed E-state index contributed by atoms with van der Waals surface area (Å²) in [6.45, 7) is 1.54. The number of halogens is 1. The van der Waals surface area contributed by atoms with Crippen molar-refractivity contribution in [1.29, 1.82) is 0 Å². The second-order valence-electron chi connectivity index (χ2n) is 3.60. The number of alkyl halides is 1. The van der Waals surface area contributed by atoms with Crippen LogP contribution in [0.3, 0.4) is 0 Å². The molecule has 1 aliphatic heterocycles. The van der Waals surface area contributed by atoms with Crippen LogP contribution in [0.4, 0.5) is 15.9 Å². The third-order valence-electron chi connectivity index (χ3n) is 2.55. The molecule has 0 aliphatic carbocycles. The Labute approximate surface area is 82.7 Å². The summed E-state index contributed by atoms with van der Waals surface area (Å²) < 4.78 is 12.9. The molecule has 1 aromatic heterocycles. The Hall–Kier alpha value is -1.32. The number of hydrogen-bond acceptors (Lipinski definition) is 3. The van der Waals surface area contributed by atoms with E-state index < -0.39 is 6.17 Å². The average Bonchev–Trinajstić information content (AvgIpc) is 2.19. The number of nitrogens with zero attached hydrogens (tertiary/aromatic N) is 2. The van der Waals surface area contributed by atoms with Crippen LogP contribution in [0.5, 0.6) is 0 Å². The summed E-state index contributed by atoms with van der Waals surface area (Å²) in [7, 11) is 0. The molecular formula is C10H14FN3. The van der Waals surface area contributed by atoms with Gasteiger partial charge in [0.1, 0.15) is 12.0 Å². The minimum absolute atomic E-state index is 0.518. The molecule has 2 rings (SSSR count). The van der Waals surface area contributed by atoms with Crippen molar-refractivity contribution in [2.45, 2.75) is 19.0 Å². The molecule has 4 heteroatoms. The third kappa shape index (κ3) is 1.95. The van der Waals surface area contributed by atoms with Crippen molar-refractivity contribution in [3.8, 4) is 0 Å². The van der Waals surface area contributed by atoms with Gasteiger partial charge in [-0.25, -0.2) is 9.37 Å². The Bertz CT molecular complexity index is 308. The Kier molecular flexibility index (Phi) is 2.52. The van der Waals surface area contributed by atoms with E-state index in [2.05, 4.69) is 9.88 Å². The minimum Gasteiger partial charge on any atom is -0.384 e. The highest BCUT2D eigenvalue weighted by Crippen LogP contribution is 2.21. The van der Waals surface area contributed by atoms with E-state index in [1.54, 1.807) is 6.20 Å². The van der Waals surface area contributed by atoms with Crippen molar-refractivity contribution in [2.24, 2.45) is 0 Å². The van der Waals surface area contributed by atoms with E-state index in [0.717, 1.165) is 18.8 Å². The maximum absolute atomic E-state index is 12.9. The maximum Gasteiger partial charge on any atom is 0.125 e. The lowest BCUT2D eigenvalue weighted by Gasteiger charge is -2.30. The molecule has 2 heterocycles. The van der Waals surface area contributed by atoms with E-state index in [0.29, 0.717) is 18.7 Å². The SMILES string of the molecule is Nc1cc(N2CCC(F)CC2)ccn1. The number of nitrogen functional groups attached to an aromatic ring is 1. The molecule has 1 aliphatic rings. The first-order valence-electron chi connectivity index (χ1n) is 4.86. The van der Waals surface area contributed by atoms with E-state index in [9.17, 15) is 4.39 Å². The molecule has 0 atom stereocenters. The van der Waals surface area contributed by atoms with Crippen LogP contribution in [0.15, 0.2) is 18.3 Å². The van der Waals surface area contributed by atoms with Crippen LogP contribution in [0.2, 0.25) is 0 Å². The molecule has 0 unspecified atom stereocenters. The lowest BCUT2D eigenvalue weighted by molar-refractivity contribution is 0.277. The number of anilines is 2. The molecule has 2 N–H and O–H groups in total. The van der Waals surface area contributed by atoms with Gasteiger partial charge in [-0.15, -0.1) is 0 Å². The number of pyridine rings is 1. The van der Waals surface area contributed by atoms with Crippen LogP contribution >= 0.6 is 0 Å². The van der Waals surface area contributed by atoms with E-state index in [1.165, 1.54) is 0 Å². The molecule has 0 radical (unpaired) electrons. The van der Waals surface area contributed by atoms with Gasteiger partial charge in [0, 0.05) is 31.0 Å². The minimum atomic E-state index is -0.634. The standard InChI is InChI=1S/C10H14FN3/c11-8-2-5-14(6-3-8)9-1-4-13-10(12)7-9/h1,4,7-8H,2-3,5-6H2,(H2,12,13). The summed E-state index contributed by atoms with van der Waals surface area (Å²) >= 11 is 0. The van der Waals surface area contributed by atoms with Gasteiger partial charge in [-0.1, -0.05) is 0 Å². The molecule has 3 nitrogen and oxygen atoms in total. The van der Waals surface area contributed by atoms with Gasteiger partial charge in [0.25, 0.3) is 0 Å². The fourth-order valence-corrected chi connectivity index (χ4v) is 1.74. The topological polar surface area (TPSA) is 42.1 Å². The van der Waals surface area contributed by atoms with Crippen LogP contribution < -0.4 is 10.6 Å². The quantitative estimate of drug-likeness (QED) is 0.740. The van der Waals surface area contributed by atoms with Gasteiger partial charge in [-0.3, -0.25) is 0 Å². The molecule has 0 amide bonds. The largest absolute Gasteiger partial charge is 0.384 e. The monoisotopic (exact) mass is 195 g/mol. The van der Waals surface area contributed by atoms with Crippen LogP contribution in [0, 0.1) is 0 Å². The van der Waals surface area contributed by atoms with Crippen molar-refractivity contribution in [3.63, 3.8) is 0 Å². The van der Waals surface area contributed by atoms with Gasteiger partial charge in [0.15, 0.2) is 0 Å². The van der Waals surface area contributed by atoms with Gasteiger partial charge in [0.05, 0.1) is 0 Å². The second-order valence-corrected chi connectivity index (χ2v) is 3.60. The normalized spacial score (nSPS) is 18.5. The van der Waals surface area contributed by atoms with E-state index in [1.807, 2.05) is 12.1 Å². The summed E-state index contributed by atoms with van der Waals surface area (Å²) in [5, 5.41) is 0. The summed E-state index contributed by atoms with van der Waals surface area (Å²) in [5.74, 6) is 0.518. The smallest absolute Gasteiger partial charge is 0.125 e. The first-order valence-corrected chi connectivity index (χ1v) is 4.86. The zero-order valence-electron chi connectivity index (χ0n) is 7.99.